The monoisotopic (exact) mass is 357 g/mol. The molecule has 0 bridgehead atoms. The van der Waals surface area contributed by atoms with Gasteiger partial charge in [-0.1, -0.05) is 11.6 Å². The van der Waals surface area contributed by atoms with Gasteiger partial charge in [0.2, 0.25) is 0 Å². The minimum atomic E-state index is -0.0612. The number of alkyl halides is 1. The summed E-state index contributed by atoms with van der Waals surface area (Å²) in [5, 5.41) is 0.598. The largest absolute Gasteiger partial charge is 0.341 e. The number of hydrogen-bond donors (Lipinski definition) is 0. The molecular weight excluding hydrogens is 348 g/mol. The van der Waals surface area contributed by atoms with Gasteiger partial charge in [0, 0.05) is 28.6 Å². The summed E-state index contributed by atoms with van der Waals surface area (Å²) in [6, 6.07) is 5.27. The topological polar surface area (TPSA) is 20.3 Å². The smallest absolute Gasteiger partial charge is 0.253 e. The second-order valence-electron chi connectivity index (χ2n) is 3.04. The van der Waals surface area contributed by atoms with Gasteiger partial charge in [-0.05, 0) is 40.8 Å². The van der Waals surface area contributed by atoms with E-state index in [1.807, 2.05) is 6.07 Å². The molecule has 0 N–H and O–H groups in total. The zero-order chi connectivity index (χ0) is 11.4. The third-order valence-electron chi connectivity index (χ3n) is 1.93. The van der Waals surface area contributed by atoms with Crippen LogP contribution in [-0.2, 0) is 0 Å². The summed E-state index contributed by atoms with van der Waals surface area (Å²) < 4.78 is 0.936. The normalized spacial score (nSPS) is 10.1. The molecule has 0 saturated carbocycles. The summed E-state index contributed by atoms with van der Waals surface area (Å²) in [4.78, 5) is 13.4. The van der Waals surface area contributed by atoms with Crippen molar-refractivity contribution in [3.63, 3.8) is 0 Å². The standard InChI is InChI=1S/C10H10Cl2INO/c1-14(5-4-11)10(15)7-2-3-9(13)8(12)6-7/h2-3,6H,4-5H2,1H3. The van der Waals surface area contributed by atoms with E-state index in [-0.39, 0.29) is 5.91 Å². The molecule has 0 saturated heterocycles. The minimum Gasteiger partial charge on any atom is -0.341 e. The third kappa shape index (κ3) is 3.50. The Labute approximate surface area is 113 Å². The van der Waals surface area contributed by atoms with E-state index in [9.17, 15) is 4.79 Å². The van der Waals surface area contributed by atoms with E-state index in [2.05, 4.69) is 22.6 Å². The molecule has 82 valence electrons. The van der Waals surface area contributed by atoms with Crippen LogP contribution in [0.4, 0.5) is 0 Å². The lowest BCUT2D eigenvalue weighted by Crippen LogP contribution is -2.28. The lowest BCUT2D eigenvalue weighted by Gasteiger charge is -2.15. The zero-order valence-electron chi connectivity index (χ0n) is 8.14. The summed E-state index contributed by atoms with van der Waals surface area (Å²) in [6.07, 6.45) is 0. The van der Waals surface area contributed by atoms with E-state index in [0.717, 1.165) is 3.57 Å². The van der Waals surface area contributed by atoms with Crippen molar-refractivity contribution >= 4 is 51.7 Å². The molecule has 0 radical (unpaired) electrons. The summed E-state index contributed by atoms with van der Waals surface area (Å²) in [7, 11) is 1.72. The third-order valence-corrected chi connectivity index (χ3v) is 3.67. The molecule has 0 atom stereocenters. The lowest BCUT2D eigenvalue weighted by molar-refractivity contribution is 0.0803. The molecule has 0 spiro atoms. The molecule has 2 nitrogen and oxygen atoms in total. The van der Waals surface area contributed by atoms with Crippen molar-refractivity contribution < 1.29 is 4.79 Å². The van der Waals surface area contributed by atoms with Gasteiger partial charge in [-0.15, -0.1) is 11.6 Å². The highest BCUT2D eigenvalue weighted by Gasteiger charge is 2.11. The Morgan fingerprint density at radius 2 is 2.20 bits per heavy atom. The first kappa shape index (κ1) is 13.1. The fourth-order valence-corrected chi connectivity index (χ4v) is 1.85. The summed E-state index contributed by atoms with van der Waals surface area (Å²) in [5.41, 5.74) is 0.591. The number of halogens is 3. The van der Waals surface area contributed by atoms with Crippen molar-refractivity contribution in [3.05, 3.63) is 32.4 Å². The van der Waals surface area contributed by atoms with Crippen LogP contribution >= 0.6 is 45.8 Å². The molecule has 1 aromatic rings. The van der Waals surface area contributed by atoms with Gasteiger partial charge in [-0.2, -0.15) is 0 Å². The van der Waals surface area contributed by atoms with Gasteiger partial charge in [-0.25, -0.2) is 0 Å². The Bertz CT molecular complexity index is 370. The van der Waals surface area contributed by atoms with Crippen LogP contribution in [0.3, 0.4) is 0 Å². The van der Waals surface area contributed by atoms with Crippen LogP contribution in [0.25, 0.3) is 0 Å². The molecule has 0 unspecified atom stereocenters. The molecule has 1 rings (SSSR count). The minimum absolute atomic E-state index is 0.0612. The van der Waals surface area contributed by atoms with Crippen LogP contribution in [0, 0.1) is 3.57 Å². The lowest BCUT2D eigenvalue weighted by atomic mass is 10.2. The highest BCUT2D eigenvalue weighted by Crippen LogP contribution is 2.20. The number of rotatable bonds is 3. The predicted octanol–water partition coefficient (Wildman–Crippen LogP) is 3.26. The molecule has 0 aliphatic carbocycles. The maximum absolute atomic E-state index is 11.8. The summed E-state index contributed by atoms with van der Waals surface area (Å²) >= 11 is 13.6. The highest BCUT2D eigenvalue weighted by atomic mass is 127. The summed E-state index contributed by atoms with van der Waals surface area (Å²) in [6.45, 7) is 0.532. The van der Waals surface area contributed by atoms with Crippen molar-refractivity contribution in [3.8, 4) is 0 Å². The van der Waals surface area contributed by atoms with Gasteiger partial charge >= 0.3 is 0 Å². The van der Waals surface area contributed by atoms with E-state index < -0.39 is 0 Å². The van der Waals surface area contributed by atoms with Crippen molar-refractivity contribution in [1.29, 1.82) is 0 Å². The van der Waals surface area contributed by atoms with Crippen LogP contribution < -0.4 is 0 Å². The zero-order valence-corrected chi connectivity index (χ0v) is 11.8. The number of hydrogen-bond acceptors (Lipinski definition) is 1. The first-order chi connectivity index (χ1) is 7.06. The Hall–Kier alpha value is -0.0000000000000000555. The van der Waals surface area contributed by atoms with E-state index in [4.69, 9.17) is 23.2 Å². The molecule has 0 heterocycles. The molecule has 1 aromatic carbocycles. The number of carbonyl (C=O) groups is 1. The molecular formula is C10H10Cl2INO. The number of carbonyl (C=O) groups excluding carboxylic acids is 1. The van der Waals surface area contributed by atoms with Crippen LogP contribution in [0.15, 0.2) is 18.2 Å². The first-order valence-corrected chi connectivity index (χ1v) is 6.32. The van der Waals surface area contributed by atoms with Gasteiger partial charge in [0.25, 0.3) is 5.91 Å². The quantitative estimate of drug-likeness (QED) is 0.600. The van der Waals surface area contributed by atoms with E-state index in [1.165, 1.54) is 0 Å². The molecule has 0 aliphatic heterocycles. The molecule has 1 amide bonds. The Morgan fingerprint density at radius 3 is 2.73 bits per heavy atom. The van der Waals surface area contributed by atoms with Crippen LogP contribution in [0.1, 0.15) is 10.4 Å². The van der Waals surface area contributed by atoms with Gasteiger partial charge < -0.3 is 4.90 Å². The predicted molar refractivity (Wildman–Crippen MR) is 71.8 cm³/mol. The SMILES string of the molecule is CN(CCCl)C(=O)c1ccc(I)c(Cl)c1. The van der Waals surface area contributed by atoms with Crippen LogP contribution in [0.2, 0.25) is 5.02 Å². The van der Waals surface area contributed by atoms with Crippen molar-refractivity contribution in [2.24, 2.45) is 0 Å². The number of amides is 1. The van der Waals surface area contributed by atoms with Gasteiger partial charge in [0.1, 0.15) is 0 Å². The van der Waals surface area contributed by atoms with Crippen molar-refractivity contribution in [2.75, 3.05) is 19.5 Å². The fourth-order valence-electron chi connectivity index (χ4n) is 1.08. The average molecular weight is 358 g/mol. The van der Waals surface area contributed by atoms with E-state index in [0.29, 0.717) is 23.0 Å². The van der Waals surface area contributed by atoms with Crippen LogP contribution in [-0.4, -0.2) is 30.3 Å². The number of benzene rings is 1. The van der Waals surface area contributed by atoms with E-state index in [1.54, 1.807) is 24.1 Å². The molecule has 5 heteroatoms. The second kappa shape index (κ2) is 5.92. The van der Waals surface area contributed by atoms with E-state index >= 15 is 0 Å². The van der Waals surface area contributed by atoms with Crippen molar-refractivity contribution in [2.45, 2.75) is 0 Å². The number of nitrogens with zero attached hydrogens (tertiary/aromatic N) is 1. The fraction of sp³-hybridized carbons (Fsp3) is 0.300. The summed E-state index contributed by atoms with van der Waals surface area (Å²) in [5.74, 6) is 0.370. The van der Waals surface area contributed by atoms with Gasteiger partial charge in [0.05, 0.1) is 5.02 Å². The molecule has 0 aromatic heterocycles. The maximum atomic E-state index is 11.8. The second-order valence-corrected chi connectivity index (χ2v) is 4.99. The molecule has 0 fully saturated rings. The van der Waals surface area contributed by atoms with Crippen LogP contribution in [0.5, 0.6) is 0 Å². The Morgan fingerprint density at radius 1 is 1.53 bits per heavy atom. The molecule has 0 aliphatic rings. The van der Waals surface area contributed by atoms with Crippen molar-refractivity contribution in [1.82, 2.24) is 4.90 Å². The Balaban J connectivity index is 2.87. The van der Waals surface area contributed by atoms with Gasteiger partial charge in [0.15, 0.2) is 0 Å². The highest BCUT2D eigenvalue weighted by molar-refractivity contribution is 14.1. The Kier molecular flexibility index (Phi) is 5.15. The first-order valence-electron chi connectivity index (χ1n) is 4.32. The average Bonchev–Trinajstić information content (AvgIpc) is 2.21. The maximum Gasteiger partial charge on any atom is 0.253 e. The molecule has 15 heavy (non-hydrogen) atoms. The van der Waals surface area contributed by atoms with Gasteiger partial charge in [-0.3, -0.25) is 4.79 Å².